The van der Waals surface area contributed by atoms with Crippen LogP contribution in [0.15, 0.2) is 30.5 Å². The van der Waals surface area contributed by atoms with E-state index in [0.717, 1.165) is 10.9 Å². The molecule has 1 N–H and O–H groups in total. The second kappa shape index (κ2) is 3.98. The largest absolute Gasteiger partial charge is 0.467 e. The van der Waals surface area contributed by atoms with E-state index in [4.69, 9.17) is 0 Å². The Morgan fingerprint density at radius 3 is 2.88 bits per heavy atom. The highest BCUT2D eigenvalue weighted by molar-refractivity contribution is 5.88. The molecule has 4 heteroatoms. The molecule has 0 saturated heterocycles. The molecule has 1 heterocycles. The monoisotopic (exact) mass is 219 g/mol. The first-order chi connectivity index (χ1) is 7.65. The molecule has 0 aliphatic heterocycles. The van der Waals surface area contributed by atoms with Gasteiger partial charge in [-0.25, -0.2) is 4.79 Å². The zero-order valence-electron chi connectivity index (χ0n) is 9.18. The van der Waals surface area contributed by atoms with Crippen LogP contribution in [-0.2, 0) is 16.6 Å². The minimum Gasteiger partial charge on any atom is -0.467 e. The predicted molar refractivity (Wildman–Crippen MR) is 59.9 cm³/mol. The Morgan fingerprint density at radius 2 is 2.19 bits per heavy atom. The van der Waals surface area contributed by atoms with Crippen LogP contribution in [-0.4, -0.2) is 22.8 Å². The second-order valence-corrected chi connectivity index (χ2v) is 3.64. The summed E-state index contributed by atoms with van der Waals surface area (Å²) >= 11 is 0. The topological polar surface area (TPSA) is 51.5 Å². The van der Waals surface area contributed by atoms with E-state index in [9.17, 15) is 9.90 Å². The van der Waals surface area contributed by atoms with Crippen molar-refractivity contribution in [3.8, 4) is 0 Å². The summed E-state index contributed by atoms with van der Waals surface area (Å²) in [7, 11) is 3.13. The van der Waals surface area contributed by atoms with Crippen molar-refractivity contribution in [2.24, 2.45) is 7.05 Å². The van der Waals surface area contributed by atoms with Gasteiger partial charge < -0.3 is 14.4 Å². The molecule has 0 aliphatic carbocycles. The molecule has 1 atom stereocenters. The molecule has 4 nitrogen and oxygen atoms in total. The van der Waals surface area contributed by atoms with E-state index in [1.807, 2.05) is 36.0 Å². The van der Waals surface area contributed by atoms with E-state index in [0.29, 0.717) is 5.56 Å². The number of aliphatic hydroxyl groups is 1. The summed E-state index contributed by atoms with van der Waals surface area (Å²) in [4.78, 5) is 11.3. The van der Waals surface area contributed by atoms with Gasteiger partial charge >= 0.3 is 5.97 Å². The molecule has 0 saturated carbocycles. The van der Waals surface area contributed by atoms with Gasteiger partial charge in [0.15, 0.2) is 6.10 Å². The SMILES string of the molecule is COC(=O)C(O)c1cccc2ccn(C)c12. The predicted octanol–water partition coefficient (Wildman–Crippen LogP) is 1.38. The van der Waals surface area contributed by atoms with Gasteiger partial charge in [-0.1, -0.05) is 18.2 Å². The number of fused-ring (bicyclic) bond motifs is 1. The van der Waals surface area contributed by atoms with Crippen LogP contribution in [0, 0.1) is 0 Å². The van der Waals surface area contributed by atoms with Crippen LogP contribution in [0.5, 0.6) is 0 Å². The van der Waals surface area contributed by atoms with Crippen molar-refractivity contribution >= 4 is 16.9 Å². The molecule has 0 spiro atoms. The number of carbonyl (C=O) groups is 1. The number of esters is 1. The number of ether oxygens (including phenoxy) is 1. The van der Waals surface area contributed by atoms with Gasteiger partial charge in [0.05, 0.1) is 12.6 Å². The zero-order chi connectivity index (χ0) is 11.7. The van der Waals surface area contributed by atoms with Crippen molar-refractivity contribution < 1.29 is 14.6 Å². The normalized spacial score (nSPS) is 12.7. The van der Waals surface area contributed by atoms with Crippen LogP contribution in [0.2, 0.25) is 0 Å². The van der Waals surface area contributed by atoms with Gasteiger partial charge in [0.1, 0.15) is 0 Å². The molecule has 2 aromatic rings. The molecule has 0 fully saturated rings. The molecule has 16 heavy (non-hydrogen) atoms. The third-order valence-electron chi connectivity index (χ3n) is 2.65. The summed E-state index contributed by atoms with van der Waals surface area (Å²) in [5.41, 5.74) is 1.41. The Morgan fingerprint density at radius 1 is 1.44 bits per heavy atom. The highest BCUT2D eigenvalue weighted by Crippen LogP contribution is 2.25. The molecule has 0 radical (unpaired) electrons. The zero-order valence-corrected chi connectivity index (χ0v) is 9.18. The number of hydrogen-bond acceptors (Lipinski definition) is 3. The maximum absolute atomic E-state index is 11.3. The molecule has 84 valence electrons. The standard InChI is InChI=1S/C12H13NO3/c1-13-7-6-8-4-3-5-9(10(8)13)11(14)12(15)16-2/h3-7,11,14H,1-2H3. The fourth-order valence-corrected chi connectivity index (χ4v) is 1.85. The van der Waals surface area contributed by atoms with E-state index >= 15 is 0 Å². The summed E-state index contributed by atoms with van der Waals surface area (Å²) in [6.07, 6.45) is 0.653. The first-order valence-corrected chi connectivity index (χ1v) is 4.95. The number of benzene rings is 1. The highest BCUT2D eigenvalue weighted by Gasteiger charge is 2.21. The molecule has 1 aromatic carbocycles. The number of nitrogens with zero attached hydrogens (tertiary/aromatic N) is 1. The number of aromatic nitrogens is 1. The smallest absolute Gasteiger partial charge is 0.339 e. The van der Waals surface area contributed by atoms with Gasteiger partial charge in [0, 0.05) is 18.8 Å². The third kappa shape index (κ3) is 1.57. The molecule has 2 rings (SSSR count). The number of carbonyl (C=O) groups excluding carboxylic acids is 1. The molecule has 0 bridgehead atoms. The average molecular weight is 219 g/mol. The Kier molecular flexibility index (Phi) is 2.66. The van der Waals surface area contributed by atoms with Crippen LogP contribution in [0.25, 0.3) is 10.9 Å². The van der Waals surface area contributed by atoms with Crippen molar-refractivity contribution in [3.63, 3.8) is 0 Å². The lowest BCUT2D eigenvalue weighted by Gasteiger charge is -2.11. The fraction of sp³-hybridized carbons (Fsp3) is 0.250. The van der Waals surface area contributed by atoms with Crippen molar-refractivity contribution in [1.29, 1.82) is 0 Å². The number of aryl methyl sites for hydroxylation is 1. The molecule has 0 aliphatic rings. The van der Waals surface area contributed by atoms with Crippen LogP contribution >= 0.6 is 0 Å². The lowest BCUT2D eigenvalue weighted by molar-refractivity contribution is -0.150. The Bertz CT molecular complexity index is 530. The van der Waals surface area contributed by atoms with Crippen molar-refractivity contribution in [2.45, 2.75) is 6.10 Å². The van der Waals surface area contributed by atoms with Gasteiger partial charge in [-0.15, -0.1) is 0 Å². The van der Waals surface area contributed by atoms with Crippen LogP contribution in [0.3, 0.4) is 0 Å². The summed E-state index contributed by atoms with van der Waals surface area (Å²) in [5, 5.41) is 10.8. The van der Waals surface area contributed by atoms with E-state index in [-0.39, 0.29) is 0 Å². The minimum atomic E-state index is -1.23. The number of rotatable bonds is 2. The molecule has 1 aromatic heterocycles. The van der Waals surface area contributed by atoms with Crippen LogP contribution in [0.1, 0.15) is 11.7 Å². The van der Waals surface area contributed by atoms with E-state index in [1.54, 1.807) is 6.07 Å². The number of aliphatic hydroxyl groups excluding tert-OH is 1. The van der Waals surface area contributed by atoms with Crippen LogP contribution in [0.4, 0.5) is 0 Å². The summed E-state index contributed by atoms with van der Waals surface area (Å²) < 4.78 is 6.41. The minimum absolute atomic E-state index is 0.567. The Hall–Kier alpha value is -1.81. The van der Waals surface area contributed by atoms with E-state index in [1.165, 1.54) is 7.11 Å². The third-order valence-corrected chi connectivity index (χ3v) is 2.65. The summed E-state index contributed by atoms with van der Waals surface area (Å²) in [5.74, 6) is -0.645. The first kappa shape index (κ1) is 10.7. The van der Waals surface area contributed by atoms with Gasteiger partial charge in [-0.3, -0.25) is 0 Å². The lowest BCUT2D eigenvalue weighted by Crippen LogP contribution is -2.14. The van der Waals surface area contributed by atoms with Crippen LogP contribution < -0.4 is 0 Å². The quantitative estimate of drug-likeness (QED) is 0.776. The van der Waals surface area contributed by atoms with Gasteiger partial charge in [0.2, 0.25) is 0 Å². The van der Waals surface area contributed by atoms with Crippen molar-refractivity contribution in [1.82, 2.24) is 4.57 Å². The number of methoxy groups -OCH3 is 1. The van der Waals surface area contributed by atoms with Crippen molar-refractivity contribution in [2.75, 3.05) is 7.11 Å². The Labute approximate surface area is 93.1 Å². The maximum Gasteiger partial charge on any atom is 0.339 e. The number of para-hydroxylation sites is 1. The number of hydrogen-bond donors (Lipinski definition) is 1. The molecule has 1 unspecified atom stereocenters. The Balaban J connectivity index is 2.59. The summed E-state index contributed by atoms with van der Waals surface area (Å²) in [6, 6.07) is 7.40. The first-order valence-electron chi connectivity index (χ1n) is 4.95. The van der Waals surface area contributed by atoms with Gasteiger partial charge in [-0.05, 0) is 11.5 Å². The van der Waals surface area contributed by atoms with Crippen molar-refractivity contribution in [3.05, 3.63) is 36.0 Å². The van der Waals surface area contributed by atoms with E-state index < -0.39 is 12.1 Å². The molecular formula is C12H13NO3. The van der Waals surface area contributed by atoms with Gasteiger partial charge in [-0.2, -0.15) is 0 Å². The summed E-state index contributed by atoms with van der Waals surface area (Å²) in [6.45, 7) is 0. The second-order valence-electron chi connectivity index (χ2n) is 3.64. The molecule has 0 amide bonds. The van der Waals surface area contributed by atoms with E-state index in [2.05, 4.69) is 4.74 Å². The highest BCUT2D eigenvalue weighted by atomic mass is 16.5. The fourth-order valence-electron chi connectivity index (χ4n) is 1.85. The average Bonchev–Trinajstić information content (AvgIpc) is 2.69. The maximum atomic E-state index is 11.3. The molecular weight excluding hydrogens is 206 g/mol. The van der Waals surface area contributed by atoms with Gasteiger partial charge in [0.25, 0.3) is 0 Å². The lowest BCUT2D eigenvalue weighted by atomic mass is 10.1.